The highest BCUT2D eigenvalue weighted by Crippen LogP contribution is 2.30. The fourth-order valence-corrected chi connectivity index (χ4v) is 2.04. The van der Waals surface area contributed by atoms with Crippen molar-refractivity contribution in [1.82, 2.24) is 5.43 Å². The van der Waals surface area contributed by atoms with E-state index in [0.717, 1.165) is 0 Å². The van der Waals surface area contributed by atoms with Crippen LogP contribution in [0.25, 0.3) is 0 Å². The van der Waals surface area contributed by atoms with Gasteiger partial charge in [0.15, 0.2) is 16.2 Å². The fourth-order valence-electron chi connectivity index (χ4n) is 1.72. The Kier molecular flexibility index (Phi) is 4.00. The summed E-state index contributed by atoms with van der Waals surface area (Å²) in [5.74, 6) is 5.69. The molecular formula is C12H12BrFN2O2. The number of hydrazine groups is 1. The predicted molar refractivity (Wildman–Crippen MR) is 68.5 cm³/mol. The van der Waals surface area contributed by atoms with Crippen LogP contribution in [0.4, 0.5) is 4.39 Å². The number of methoxy groups -OCH3 is 1. The highest BCUT2D eigenvalue weighted by molar-refractivity contribution is 9.10. The Hall–Kier alpha value is -1.37. The van der Waals surface area contributed by atoms with E-state index in [2.05, 4.69) is 21.4 Å². The third-order valence-corrected chi connectivity index (χ3v) is 3.00. The number of hydrogen-bond acceptors (Lipinski definition) is 4. The maximum atomic E-state index is 14.1. The van der Waals surface area contributed by atoms with Crippen molar-refractivity contribution >= 4 is 15.9 Å². The second-order valence-corrected chi connectivity index (χ2v) is 4.39. The van der Waals surface area contributed by atoms with E-state index in [-0.39, 0.29) is 5.75 Å². The van der Waals surface area contributed by atoms with Crippen LogP contribution >= 0.6 is 15.9 Å². The summed E-state index contributed by atoms with van der Waals surface area (Å²) in [7, 11) is 1.41. The Morgan fingerprint density at radius 2 is 2.17 bits per heavy atom. The Morgan fingerprint density at radius 1 is 1.39 bits per heavy atom. The Balaban J connectivity index is 2.45. The van der Waals surface area contributed by atoms with Crippen LogP contribution in [0, 0.1) is 5.82 Å². The Morgan fingerprint density at radius 3 is 2.72 bits per heavy atom. The Bertz CT molecular complexity index is 545. The number of rotatable bonds is 4. The Labute approximate surface area is 112 Å². The maximum absolute atomic E-state index is 14.1. The molecule has 0 spiro atoms. The smallest absolute Gasteiger partial charge is 0.170 e. The van der Waals surface area contributed by atoms with Crippen molar-refractivity contribution in [2.45, 2.75) is 6.04 Å². The van der Waals surface area contributed by atoms with Crippen molar-refractivity contribution in [3.05, 3.63) is 52.1 Å². The molecule has 1 atom stereocenters. The molecule has 0 radical (unpaired) electrons. The van der Waals surface area contributed by atoms with Crippen LogP contribution in [0.1, 0.15) is 17.4 Å². The lowest BCUT2D eigenvalue weighted by Crippen LogP contribution is -2.29. The molecule has 3 N–H and O–H groups in total. The minimum atomic E-state index is -0.577. The SMILES string of the molecule is COc1cccc(C(NN)c2ccc(Br)o2)c1F. The van der Waals surface area contributed by atoms with Crippen molar-refractivity contribution in [1.29, 1.82) is 0 Å². The van der Waals surface area contributed by atoms with Gasteiger partial charge in [0, 0.05) is 5.56 Å². The van der Waals surface area contributed by atoms with Crippen LogP contribution < -0.4 is 16.0 Å². The van der Waals surface area contributed by atoms with E-state index in [1.54, 1.807) is 30.3 Å². The number of hydrogen-bond donors (Lipinski definition) is 2. The molecule has 0 bridgehead atoms. The first-order valence-electron chi connectivity index (χ1n) is 5.21. The molecule has 0 amide bonds. The third-order valence-electron chi connectivity index (χ3n) is 2.57. The summed E-state index contributed by atoms with van der Waals surface area (Å²) >= 11 is 3.20. The summed E-state index contributed by atoms with van der Waals surface area (Å²) in [6.07, 6.45) is 0. The van der Waals surface area contributed by atoms with E-state index >= 15 is 0 Å². The molecule has 2 aromatic rings. The number of benzene rings is 1. The number of furan rings is 1. The molecule has 96 valence electrons. The minimum absolute atomic E-state index is 0.165. The van der Waals surface area contributed by atoms with Gasteiger partial charge in [-0.15, -0.1) is 0 Å². The van der Waals surface area contributed by atoms with Gasteiger partial charge in [0.05, 0.1) is 7.11 Å². The second kappa shape index (κ2) is 5.51. The zero-order valence-electron chi connectivity index (χ0n) is 9.61. The van der Waals surface area contributed by atoms with Gasteiger partial charge in [-0.1, -0.05) is 12.1 Å². The normalized spacial score (nSPS) is 12.4. The summed E-state index contributed by atoms with van der Waals surface area (Å²) < 4.78 is 25.0. The monoisotopic (exact) mass is 314 g/mol. The molecule has 0 aliphatic heterocycles. The summed E-state index contributed by atoms with van der Waals surface area (Å²) in [4.78, 5) is 0. The van der Waals surface area contributed by atoms with Gasteiger partial charge in [-0.3, -0.25) is 5.84 Å². The second-order valence-electron chi connectivity index (χ2n) is 3.61. The molecule has 0 saturated carbocycles. The largest absolute Gasteiger partial charge is 0.494 e. The number of halogens is 2. The molecule has 1 aromatic carbocycles. The summed E-state index contributed by atoms with van der Waals surface area (Å²) in [6, 6.07) is 7.72. The lowest BCUT2D eigenvalue weighted by Gasteiger charge is -2.15. The molecule has 1 aromatic heterocycles. The van der Waals surface area contributed by atoms with Crippen LogP contribution in [0.5, 0.6) is 5.75 Å². The molecule has 4 nitrogen and oxygen atoms in total. The van der Waals surface area contributed by atoms with E-state index in [1.165, 1.54) is 7.11 Å². The molecule has 6 heteroatoms. The van der Waals surface area contributed by atoms with Crippen LogP contribution in [0.2, 0.25) is 0 Å². The summed E-state index contributed by atoms with van der Waals surface area (Å²) in [6.45, 7) is 0. The van der Waals surface area contributed by atoms with Crippen LogP contribution in [-0.4, -0.2) is 7.11 Å². The van der Waals surface area contributed by atoms with Gasteiger partial charge >= 0.3 is 0 Å². The highest BCUT2D eigenvalue weighted by atomic mass is 79.9. The van der Waals surface area contributed by atoms with E-state index in [4.69, 9.17) is 15.0 Å². The molecule has 0 aliphatic rings. The third kappa shape index (κ3) is 2.40. The van der Waals surface area contributed by atoms with E-state index < -0.39 is 11.9 Å². The van der Waals surface area contributed by atoms with Gasteiger partial charge in [0.1, 0.15) is 11.8 Å². The summed E-state index contributed by atoms with van der Waals surface area (Å²) in [5, 5.41) is 0. The van der Waals surface area contributed by atoms with E-state index in [9.17, 15) is 4.39 Å². The van der Waals surface area contributed by atoms with Gasteiger partial charge in [0.25, 0.3) is 0 Å². The first-order chi connectivity index (χ1) is 8.67. The minimum Gasteiger partial charge on any atom is -0.494 e. The topological polar surface area (TPSA) is 60.4 Å². The molecule has 1 heterocycles. The molecule has 2 rings (SSSR count). The molecule has 0 saturated heterocycles. The molecule has 1 unspecified atom stereocenters. The van der Waals surface area contributed by atoms with Gasteiger partial charge in [0.2, 0.25) is 0 Å². The number of ether oxygens (including phenoxy) is 1. The fraction of sp³-hybridized carbons (Fsp3) is 0.167. The van der Waals surface area contributed by atoms with Crippen molar-refractivity contribution in [2.75, 3.05) is 7.11 Å². The average molecular weight is 315 g/mol. The van der Waals surface area contributed by atoms with Crippen molar-refractivity contribution in [3.63, 3.8) is 0 Å². The first-order valence-corrected chi connectivity index (χ1v) is 6.00. The predicted octanol–water partition coefficient (Wildman–Crippen LogP) is 2.74. The molecule has 0 fully saturated rings. The van der Waals surface area contributed by atoms with Gasteiger partial charge in [-0.25, -0.2) is 9.82 Å². The lowest BCUT2D eigenvalue weighted by molar-refractivity contribution is 0.376. The quantitative estimate of drug-likeness (QED) is 0.673. The van der Waals surface area contributed by atoms with E-state index in [1.807, 2.05) is 0 Å². The summed E-state index contributed by atoms with van der Waals surface area (Å²) in [5.41, 5.74) is 2.89. The number of nitrogens with one attached hydrogen (secondary N) is 1. The zero-order valence-corrected chi connectivity index (χ0v) is 11.2. The number of nitrogens with two attached hydrogens (primary N) is 1. The standard InChI is InChI=1S/C12H12BrFN2O2/c1-17-8-4-2-3-7(11(8)14)12(16-15)9-5-6-10(13)18-9/h2-6,12,16H,15H2,1H3. The molecule has 18 heavy (non-hydrogen) atoms. The average Bonchev–Trinajstić information content (AvgIpc) is 2.79. The van der Waals surface area contributed by atoms with E-state index in [0.29, 0.717) is 16.0 Å². The van der Waals surface area contributed by atoms with Crippen molar-refractivity contribution in [2.24, 2.45) is 5.84 Å². The zero-order chi connectivity index (χ0) is 13.1. The lowest BCUT2D eigenvalue weighted by atomic mass is 10.0. The van der Waals surface area contributed by atoms with Crippen LogP contribution in [0.15, 0.2) is 39.4 Å². The van der Waals surface area contributed by atoms with Gasteiger partial charge in [-0.05, 0) is 34.1 Å². The van der Waals surface area contributed by atoms with Gasteiger partial charge in [-0.2, -0.15) is 0 Å². The van der Waals surface area contributed by atoms with Crippen LogP contribution in [0.3, 0.4) is 0 Å². The van der Waals surface area contributed by atoms with Crippen LogP contribution in [-0.2, 0) is 0 Å². The van der Waals surface area contributed by atoms with Crippen molar-refractivity contribution < 1.29 is 13.5 Å². The molecule has 0 aliphatic carbocycles. The first kappa shape index (κ1) is 13.1. The van der Waals surface area contributed by atoms with Crippen molar-refractivity contribution in [3.8, 4) is 5.75 Å². The highest BCUT2D eigenvalue weighted by Gasteiger charge is 2.21. The maximum Gasteiger partial charge on any atom is 0.170 e. The van der Waals surface area contributed by atoms with Gasteiger partial charge < -0.3 is 9.15 Å². The molecular weight excluding hydrogens is 303 g/mol.